The van der Waals surface area contributed by atoms with E-state index < -0.39 is 22.1 Å². The number of nitrogen functional groups attached to an aromatic ring is 1. The van der Waals surface area contributed by atoms with Crippen molar-refractivity contribution in [3.8, 4) is 0 Å². The number of nitrogens with two attached hydrogens (primary N) is 1. The molecule has 1 amide bonds. The Bertz CT molecular complexity index is 1020. The highest BCUT2D eigenvalue weighted by Crippen LogP contribution is 2.17. The Balaban J connectivity index is 2.28. The number of nitrogens with one attached hydrogen (secondary N) is 1. The van der Waals surface area contributed by atoms with E-state index >= 15 is 0 Å². The number of aromatic amines is 1. The molecule has 1 aromatic carbocycles. The zero-order chi connectivity index (χ0) is 20.8. The van der Waals surface area contributed by atoms with Crippen LogP contribution in [-0.2, 0) is 11.3 Å². The molecule has 1 aromatic heterocycles. The molecule has 10 heteroatoms. The molecule has 10 nitrogen and oxygen atoms in total. The van der Waals surface area contributed by atoms with E-state index in [4.69, 9.17) is 5.73 Å². The Morgan fingerprint density at radius 1 is 1.32 bits per heavy atom. The normalized spacial score (nSPS) is 10.9. The molecule has 0 radical (unpaired) electrons. The van der Waals surface area contributed by atoms with E-state index in [9.17, 15) is 24.5 Å². The number of aromatic nitrogens is 2. The molecule has 0 unspecified atom stereocenters. The number of hydrogen-bond acceptors (Lipinski definition) is 6. The molecule has 0 bridgehead atoms. The Hall–Kier alpha value is -3.69. The molecule has 2 rings (SSSR count). The summed E-state index contributed by atoms with van der Waals surface area (Å²) in [5.74, 6) is -0.627. The first-order valence-electron chi connectivity index (χ1n) is 8.59. The van der Waals surface area contributed by atoms with Gasteiger partial charge in [-0.05, 0) is 30.2 Å². The minimum atomic E-state index is -0.755. The number of benzene rings is 1. The number of hydrogen-bond donors (Lipinski definition) is 2. The van der Waals surface area contributed by atoms with Crippen molar-refractivity contribution in [2.75, 3.05) is 17.7 Å². The van der Waals surface area contributed by atoms with Crippen LogP contribution in [0.5, 0.6) is 0 Å². The van der Waals surface area contributed by atoms with E-state index in [-0.39, 0.29) is 17.2 Å². The van der Waals surface area contributed by atoms with E-state index in [1.54, 1.807) is 0 Å². The topological polar surface area (TPSA) is 144 Å². The number of anilines is 2. The first kappa shape index (κ1) is 20.6. The maximum atomic E-state index is 12.4. The number of nitro benzene ring substituents is 1. The van der Waals surface area contributed by atoms with Crippen molar-refractivity contribution < 1.29 is 9.72 Å². The number of likely N-dealkylation sites (N-methyl/N-ethyl adjacent to an activating group) is 1. The number of rotatable bonds is 7. The van der Waals surface area contributed by atoms with Gasteiger partial charge in [0.25, 0.3) is 17.2 Å². The summed E-state index contributed by atoms with van der Waals surface area (Å²) < 4.78 is 1.23. The maximum Gasteiger partial charge on any atom is 0.330 e. The Morgan fingerprint density at radius 2 is 1.96 bits per heavy atom. The van der Waals surface area contributed by atoms with Gasteiger partial charge in [0.1, 0.15) is 5.82 Å². The van der Waals surface area contributed by atoms with Gasteiger partial charge in [0.05, 0.1) is 4.92 Å². The predicted molar refractivity (Wildman–Crippen MR) is 106 cm³/mol. The zero-order valence-electron chi connectivity index (χ0n) is 15.5. The molecule has 0 aliphatic carbocycles. The number of nitro groups is 1. The molecular weight excluding hydrogens is 366 g/mol. The first-order valence-corrected chi connectivity index (χ1v) is 8.59. The van der Waals surface area contributed by atoms with Gasteiger partial charge in [-0.2, -0.15) is 0 Å². The summed E-state index contributed by atoms with van der Waals surface area (Å²) in [6, 6.07) is 5.63. The predicted octanol–water partition coefficient (Wildman–Crippen LogP) is 1.50. The van der Waals surface area contributed by atoms with E-state index in [1.807, 2.05) is 6.92 Å². The smallest absolute Gasteiger partial charge is 0.330 e. The monoisotopic (exact) mass is 387 g/mol. The largest absolute Gasteiger partial charge is 0.383 e. The maximum absolute atomic E-state index is 12.4. The minimum Gasteiger partial charge on any atom is -0.383 e. The lowest BCUT2D eigenvalue weighted by Crippen LogP contribution is -2.38. The second-order valence-electron chi connectivity index (χ2n) is 6.08. The van der Waals surface area contributed by atoms with Gasteiger partial charge in [-0.15, -0.1) is 0 Å². The fourth-order valence-electron chi connectivity index (χ4n) is 2.54. The number of nitrogens with zero attached hydrogens (tertiary/aromatic N) is 3. The van der Waals surface area contributed by atoms with Crippen LogP contribution in [0.2, 0.25) is 0 Å². The third-order valence-corrected chi connectivity index (χ3v) is 4.14. The van der Waals surface area contributed by atoms with Crippen molar-refractivity contribution in [1.82, 2.24) is 9.55 Å². The van der Waals surface area contributed by atoms with Crippen molar-refractivity contribution in [2.45, 2.75) is 26.3 Å². The van der Waals surface area contributed by atoms with Gasteiger partial charge in [-0.1, -0.05) is 13.3 Å². The van der Waals surface area contributed by atoms with Gasteiger partial charge in [0.2, 0.25) is 0 Å². The van der Waals surface area contributed by atoms with Crippen molar-refractivity contribution in [1.29, 1.82) is 0 Å². The van der Waals surface area contributed by atoms with Crippen LogP contribution in [0.1, 0.15) is 25.3 Å². The second-order valence-corrected chi connectivity index (χ2v) is 6.08. The van der Waals surface area contributed by atoms with Gasteiger partial charge in [-0.3, -0.25) is 29.3 Å². The van der Waals surface area contributed by atoms with E-state index in [2.05, 4.69) is 4.98 Å². The van der Waals surface area contributed by atoms with Crippen LogP contribution in [0.25, 0.3) is 6.08 Å². The lowest BCUT2D eigenvalue weighted by Gasteiger charge is -2.19. The van der Waals surface area contributed by atoms with Crippen molar-refractivity contribution in [3.05, 3.63) is 66.9 Å². The summed E-state index contributed by atoms with van der Waals surface area (Å²) in [5, 5.41) is 10.7. The average Bonchev–Trinajstić information content (AvgIpc) is 2.65. The lowest BCUT2D eigenvalue weighted by atomic mass is 10.2. The summed E-state index contributed by atoms with van der Waals surface area (Å²) in [6.45, 7) is 2.28. The molecule has 148 valence electrons. The molecule has 2 aromatic rings. The Labute approximate surface area is 160 Å². The number of amides is 1. The number of carbonyl (C=O) groups is 1. The summed E-state index contributed by atoms with van der Waals surface area (Å²) in [6.07, 6.45) is 4.18. The van der Waals surface area contributed by atoms with Crippen LogP contribution in [-0.4, -0.2) is 27.4 Å². The fourth-order valence-corrected chi connectivity index (χ4v) is 2.54. The van der Waals surface area contributed by atoms with Crippen LogP contribution in [0, 0.1) is 10.1 Å². The van der Waals surface area contributed by atoms with Gasteiger partial charge in [-0.25, -0.2) is 4.79 Å². The third kappa shape index (κ3) is 4.53. The molecule has 28 heavy (non-hydrogen) atoms. The standard InChI is InChI=1S/C18H21N5O5/c1-3-4-11-22-16(19)15(17(25)20-18(22)26)21(2)14(24)10-7-12-5-8-13(9-6-12)23(27)28/h5-10H,3-4,11,19H2,1-2H3,(H,20,25,26)/b10-7+. The van der Waals surface area contributed by atoms with Crippen molar-refractivity contribution >= 4 is 29.2 Å². The molecule has 0 saturated heterocycles. The van der Waals surface area contributed by atoms with Crippen LogP contribution >= 0.6 is 0 Å². The highest BCUT2D eigenvalue weighted by molar-refractivity contribution is 6.04. The van der Waals surface area contributed by atoms with E-state index in [0.29, 0.717) is 18.5 Å². The summed E-state index contributed by atoms with van der Waals surface area (Å²) in [7, 11) is 1.37. The van der Waals surface area contributed by atoms with Crippen LogP contribution in [0.3, 0.4) is 0 Å². The van der Waals surface area contributed by atoms with Gasteiger partial charge >= 0.3 is 5.69 Å². The number of H-pyrrole nitrogens is 1. The van der Waals surface area contributed by atoms with Gasteiger partial charge in [0, 0.05) is 31.8 Å². The van der Waals surface area contributed by atoms with Gasteiger partial charge < -0.3 is 10.6 Å². The molecule has 3 N–H and O–H groups in total. The minimum absolute atomic E-state index is 0.0609. The number of unbranched alkanes of at least 4 members (excludes halogenated alkanes) is 1. The fraction of sp³-hybridized carbons (Fsp3) is 0.278. The highest BCUT2D eigenvalue weighted by Gasteiger charge is 2.19. The van der Waals surface area contributed by atoms with E-state index in [1.165, 1.54) is 48.0 Å². The van der Waals surface area contributed by atoms with E-state index in [0.717, 1.165) is 11.3 Å². The third-order valence-electron chi connectivity index (χ3n) is 4.14. The zero-order valence-corrected chi connectivity index (χ0v) is 15.5. The lowest BCUT2D eigenvalue weighted by molar-refractivity contribution is -0.384. The Kier molecular flexibility index (Phi) is 6.48. The van der Waals surface area contributed by atoms with Crippen molar-refractivity contribution in [2.24, 2.45) is 0 Å². The average molecular weight is 387 g/mol. The molecule has 0 aliphatic heterocycles. The molecular formula is C18H21N5O5. The molecule has 0 saturated carbocycles. The first-order chi connectivity index (χ1) is 13.3. The second kappa shape index (κ2) is 8.80. The molecule has 1 heterocycles. The number of carbonyl (C=O) groups excluding carboxylic acids is 1. The Morgan fingerprint density at radius 3 is 2.54 bits per heavy atom. The number of non-ortho nitro benzene ring substituents is 1. The highest BCUT2D eigenvalue weighted by atomic mass is 16.6. The molecule has 0 aliphatic rings. The molecule has 0 spiro atoms. The van der Waals surface area contributed by atoms with Crippen LogP contribution in [0.4, 0.5) is 17.2 Å². The molecule has 0 atom stereocenters. The van der Waals surface area contributed by atoms with Crippen LogP contribution in [0.15, 0.2) is 39.9 Å². The molecule has 0 fully saturated rings. The quantitative estimate of drug-likeness (QED) is 0.418. The summed E-state index contributed by atoms with van der Waals surface area (Å²) in [4.78, 5) is 50.0. The summed E-state index contributed by atoms with van der Waals surface area (Å²) >= 11 is 0. The SMILES string of the molecule is CCCCn1c(N)c(N(C)C(=O)/C=C/c2ccc([N+](=O)[O-])cc2)c(=O)[nH]c1=O. The van der Waals surface area contributed by atoms with Crippen molar-refractivity contribution in [3.63, 3.8) is 0 Å². The van der Waals surface area contributed by atoms with Crippen LogP contribution < -0.4 is 21.9 Å². The summed E-state index contributed by atoms with van der Waals surface area (Å²) in [5.41, 5.74) is 4.99. The van der Waals surface area contributed by atoms with Gasteiger partial charge in [0.15, 0.2) is 5.69 Å².